The number of hydrogen-bond donors (Lipinski definition) is 1. The highest BCUT2D eigenvalue weighted by Gasteiger charge is 2.21. The summed E-state index contributed by atoms with van der Waals surface area (Å²) >= 11 is 0. The number of aryl methyl sites for hydroxylation is 1. The summed E-state index contributed by atoms with van der Waals surface area (Å²) in [7, 11) is 0. The highest BCUT2D eigenvalue weighted by molar-refractivity contribution is 4.99. The van der Waals surface area contributed by atoms with E-state index in [1.807, 2.05) is 10.9 Å². The molecule has 0 aliphatic carbocycles. The van der Waals surface area contributed by atoms with E-state index in [-0.39, 0.29) is 11.5 Å². The summed E-state index contributed by atoms with van der Waals surface area (Å²) < 4.78 is 1.98. The molecular formula is C14H26N2O. The predicted octanol–water partition coefficient (Wildman–Crippen LogP) is 3.19. The Bertz CT molecular complexity index is 336. The first-order valence-electron chi connectivity index (χ1n) is 6.53. The number of rotatable bonds is 5. The topological polar surface area (TPSA) is 38.0 Å². The average Bonchev–Trinajstić information content (AvgIpc) is 2.64. The van der Waals surface area contributed by atoms with Gasteiger partial charge in [-0.1, -0.05) is 20.8 Å². The van der Waals surface area contributed by atoms with Crippen molar-refractivity contribution in [1.82, 2.24) is 9.78 Å². The number of aromatic nitrogens is 2. The Morgan fingerprint density at radius 2 is 2.00 bits per heavy atom. The Labute approximate surface area is 105 Å². The summed E-state index contributed by atoms with van der Waals surface area (Å²) in [4.78, 5) is 0. The van der Waals surface area contributed by atoms with Crippen LogP contribution in [0.15, 0.2) is 12.3 Å². The minimum Gasteiger partial charge on any atom is -0.393 e. The van der Waals surface area contributed by atoms with Crippen molar-refractivity contribution in [1.29, 1.82) is 0 Å². The van der Waals surface area contributed by atoms with E-state index in [1.54, 1.807) is 0 Å². The monoisotopic (exact) mass is 238 g/mol. The van der Waals surface area contributed by atoms with E-state index in [9.17, 15) is 5.11 Å². The van der Waals surface area contributed by atoms with Crippen LogP contribution in [0.25, 0.3) is 0 Å². The van der Waals surface area contributed by atoms with Gasteiger partial charge in [0, 0.05) is 12.2 Å². The van der Waals surface area contributed by atoms with Crippen LogP contribution in [0.5, 0.6) is 0 Å². The highest BCUT2D eigenvalue weighted by atomic mass is 16.3. The van der Waals surface area contributed by atoms with Gasteiger partial charge in [-0.05, 0) is 44.6 Å². The Hall–Kier alpha value is -0.830. The van der Waals surface area contributed by atoms with Crippen LogP contribution in [0.3, 0.4) is 0 Å². The first-order chi connectivity index (χ1) is 7.80. The normalized spacial score (nSPS) is 14.3. The highest BCUT2D eigenvalue weighted by Crippen LogP contribution is 2.23. The van der Waals surface area contributed by atoms with Crippen molar-refractivity contribution in [3.63, 3.8) is 0 Å². The molecule has 0 aliphatic rings. The molecule has 1 unspecified atom stereocenters. The van der Waals surface area contributed by atoms with E-state index in [0.717, 1.165) is 25.0 Å². The fraction of sp³-hybridized carbons (Fsp3) is 0.786. The number of aliphatic hydroxyl groups excluding tert-OH is 1. The molecule has 1 rings (SSSR count). The second kappa shape index (κ2) is 5.67. The first kappa shape index (κ1) is 14.2. The molecule has 98 valence electrons. The van der Waals surface area contributed by atoms with Crippen molar-refractivity contribution in [2.45, 2.75) is 66.0 Å². The number of nitrogens with zero attached hydrogens (tertiary/aromatic N) is 2. The molecule has 1 atom stereocenters. The van der Waals surface area contributed by atoms with Gasteiger partial charge in [0.1, 0.15) is 0 Å². The standard InChI is InChI=1S/C14H26N2O/c1-11(2)16-10-9-12(15-16)7-6-8-13(17)14(3,4)5/h9-11,13,17H,6-8H2,1-5H3. The molecule has 0 radical (unpaired) electrons. The molecule has 0 aliphatic heterocycles. The maximum Gasteiger partial charge on any atom is 0.0624 e. The van der Waals surface area contributed by atoms with Crippen LogP contribution in [0, 0.1) is 5.41 Å². The molecule has 0 spiro atoms. The maximum atomic E-state index is 9.93. The van der Waals surface area contributed by atoms with E-state index in [0.29, 0.717) is 6.04 Å². The van der Waals surface area contributed by atoms with Crippen LogP contribution in [0.2, 0.25) is 0 Å². The Morgan fingerprint density at radius 1 is 1.35 bits per heavy atom. The molecule has 0 saturated heterocycles. The lowest BCUT2D eigenvalue weighted by atomic mass is 9.86. The fourth-order valence-corrected chi connectivity index (χ4v) is 1.71. The van der Waals surface area contributed by atoms with Crippen molar-refractivity contribution in [3.8, 4) is 0 Å². The second-order valence-corrected chi connectivity index (χ2v) is 6.15. The fourth-order valence-electron chi connectivity index (χ4n) is 1.71. The SMILES string of the molecule is CC(C)n1ccc(CCCC(O)C(C)(C)C)n1. The third kappa shape index (κ3) is 4.50. The molecule has 0 bridgehead atoms. The Morgan fingerprint density at radius 3 is 2.47 bits per heavy atom. The van der Waals surface area contributed by atoms with E-state index < -0.39 is 0 Å². The predicted molar refractivity (Wildman–Crippen MR) is 71.0 cm³/mol. The smallest absolute Gasteiger partial charge is 0.0624 e. The number of aliphatic hydroxyl groups is 1. The summed E-state index contributed by atoms with van der Waals surface area (Å²) in [5, 5.41) is 14.4. The molecule has 0 fully saturated rings. The molecule has 0 saturated carbocycles. The molecule has 1 heterocycles. The van der Waals surface area contributed by atoms with Gasteiger partial charge in [-0.25, -0.2) is 0 Å². The molecule has 17 heavy (non-hydrogen) atoms. The summed E-state index contributed by atoms with van der Waals surface area (Å²) in [6.45, 7) is 10.5. The molecular weight excluding hydrogens is 212 g/mol. The van der Waals surface area contributed by atoms with Crippen LogP contribution in [-0.2, 0) is 6.42 Å². The summed E-state index contributed by atoms with van der Waals surface area (Å²) in [6.07, 6.45) is 4.59. The van der Waals surface area contributed by atoms with Gasteiger partial charge in [0.15, 0.2) is 0 Å². The lowest BCUT2D eigenvalue weighted by molar-refractivity contribution is 0.0540. The second-order valence-electron chi connectivity index (χ2n) is 6.15. The van der Waals surface area contributed by atoms with Gasteiger partial charge in [-0.2, -0.15) is 5.10 Å². The quantitative estimate of drug-likeness (QED) is 0.855. The van der Waals surface area contributed by atoms with Gasteiger partial charge in [-0.15, -0.1) is 0 Å². The minimum atomic E-state index is -0.227. The van der Waals surface area contributed by atoms with Crippen LogP contribution in [-0.4, -0.2) is 21.0 Å². The van der Waals surface area contributed by atoms with Crippen LogP contribution in [0.4, 0.5) is 0 Å². The molecule has 0 aromatic carbocycles. The van der Waals surface area contributed by atoms with Gasteiger partial charge < -0.3 is 5.11 Å². The third-order valence-electron chi connectivity index (χ3n) is 3.10. The zero-order valence-corrected chi connectivity index (χ0v) is 11.8. The maximum absolute atomic E-state index is 9.93. The van der Waals surface area contributed by atoms with Gasteiger partial charge in [0.2, 0.25) is 0 Å². The van der Waals surface area contributed by atoms with Crippen molar-refractivity contribution < 1.29 is 5.11 Å². The molecule has 3 nitrogen and oxygen atoms in total. The molecule has 1 aromatic rings. The van der Waals surface area contributed by atoms with Gasteiger partial charge in [-0.3, -0.25) is 4.68 Å². The molecule has 1 N–H and O–H groups in total. The lowest BCUT2D eigenvalue weighted by Crippen LogP contribution is -2.25. The van der Waals surface area contributed by atoms with Crippen molar-refractivity contribution in [2.24, 2.45) is 5.41 Å². The molecule has 3 heteroatoms. The van der Waals surface area contributed by atoms with Crippen molar-refractivity contribution >= 4 is 0 Å². The largest absolute Gasteiger partial charge is 0.393 e. The minimum absolute atomic E-state index is 0.0166. The zero-order chi connectivity index (χ0) is 13.1. The molecule has 1 aromatic heterocycles. The number of hydrogen-bond acceptors (Lipinski definition) is 2. The van der Waals surface area contributed by atoms with E-state index in [1.165, 1.54) is 0 Å². The van der Waals surface area contributed by atoms with Crippen LogP contribution in [0.1, 0.15) is 59.2 Å². The summed E-state index contributed by atoms with van der Waals surface area (Å²) in [6, 6.07) is 2.49. The van der Waals surface area contributed by atoms with Crippen molar-refractivity contribution in [2.75, 3.05) is 0 Å². The Kier molecular flexibility index (Phi) is 4.75. The average molecular weight is 238 g/mol. The lowest BCUT2D eigenvalue weighted by Gasteiger charge is -2.25. The van der Waals surface area contributed by atoms with E-state index in [4.69, 9.17) is 0 Å². The van der Waals surface area contributed by atoms with Gasteiger partial charge >= 0.3 is 0 Å². The van der Waals surface area contributed by atoms with E-state index >= 15 is 0 Å². The summed E-state index contributed by atoms with van der Waals surface area (Å²) in [5.41, 5.74) is 1.11. The first-order valence-corrected chi connectivity index (χ1v) is 6.53. The van der Waals surface area contributed by atoms with Crippen molar-refractivity contribution in [3.05, 3.63) is 18.0 Å². The van der Waals surface area contributed by atoms with Gasteiger partial charge in [0.05, 0.1) is 11.8 Å². The Balaban J connectivity index is 2.36. The van der Waals surface area contributed by atoms with Gasteiger partial charge in [0.25, 0.3) is 0 Å². The summed E-state index contributed by atoms with van der Waals surface area (Å²) in [5.74, 6) is 0. The third-order valence-corrected chi connectivity index (χ3v) is 3.10. The molecule has 0 amide bonds. The zero-order valence-electron chi connectivity index (χ0n) is 11.8. The van der Waals surface area contributed by atoms with Crippen LogP contribution < -0.4 is 0 Å². The van der Waals surface area contributed by atoms with E-state index in [2.05, 4.69) is 45.8 Å². The van der Waals surface area contributed by atoms with Crippen LogP contribution >= 0.6 is 0 Å².